The Balaban J connectivity index is 1.90. The van der Waals surface area contributed by atoms with Gasteiger partial charge in [0, 0.05) is 0 Å². The maximum atomic E-state index is 12.7. The molecule has 3 rings (SSSR count). The first-order valence-electron chi connectivity index (χ1n) is 7.58. The minimum Gasteiger partial charge on any atom is -0.504 e. The van der Waals surface area contributed by atoms with Gasteiger partial charge >= 0.3 is 11.9 Å². The zero-order chi connectivity index (χ0) is 20.3. The molecule has 3 N–H and O–H groups in total. The van der Waals surface area contributed by atoms with Gasteiger partial charge < -0.3 is 25.0 Å². The topological polar surface area (TPSA) is 159 Å². The van der Waals surface area contributed by atoms with Crippen LogP contribution in [0.5, 0.6) is 11.5 Å². The first-order chi connectivity index (χ1) is 12.4. The molecule has 1 amide bonds. The zero-order valence-electron chi connectivity index (χ0n) is 13.7. The monoisotopic (exact) mass is 419 g/mol. The van der Waals surface area contributed by atoms with Crippen molar-refractivity contribution in [1.29, 1.82) is 0 Å². The van der Waals surface area contributed by atoms with Crippen LogP contribution in [0.15, 0.2) is 12.1 Å². The van der Waals surface area contributed by atoms with E-state index in [1.54, 1.807) is 0 Å². The van der Waals surface area contributed by atoms with Crippen molar-refractivity contribution in [3.05, 3.63) is 22.7 Å². The molecule has 0 aromatic heterocycles. The van der Waals surface area contributed by atoms with Gasteiger partial charge in [-0.15, -0.1) is 0 Å². The Morgan fingerprint density at radius 2 is 2.00 bits per heavy atom. The number of phenols is 2. The van der Waals surface area contributed by atoms with Crippen molar-refractivity contribution in [1.82, 2.24) is 4.90 Å². The molecule has 0 aliphatic carbocycles. The lowest BCUT2D eigenvalue weighted by Gasteiger charge is -2.35. The molecule has 0 unspecified atom stereocenters. The molecule has 2 aliphatic heterocycles. The summed E-state index contributed by atoms with van der Waals surface area (Å²) < 4.78 is 28.3. The summed E-state index contributed by atoms with van der Waals surface area (Å²) >= 11 is 5.76. The van der Waals surface area contributed by atoms with Crippen LogP contribution in [0.25, 0.3) is 0 Å². The fourth-order valence-electron chi connectivity index (χ4n) is 3.27. The third kappa shape index (κ3) is 2.52. The fourth-order valence-corrected chi connectivity index (χ4v) is 5.78. The van der Waals surface area contributed by atoms with Gasteiger partial charge in [-0.2, -0.15) is 0 Å². The number of benzene rings is 1. The number of sulfone groups is 1. The number of rotatable bonds is 4. The Bertz CT molecular complexity index is 976. The number of hydrogen-bond donors (Lipinski definition) is 3. The fraction of sp³-hybridized carbons (Fsp3) is 0.400. The number of aliphatic carboxylic acids is 1. The number of aromatic hydroxyl groups is 2. The largest absolute Gasteiger partial charge is 0.504 e. The van der Waals surface area contributed by atoms with E-state index in [4.69, 9.17) is 16.3 Å². The summed E-state index contributed by atoms with van der Waals surface area (Å²) in [6, 6.07) is 0.331. The smallest absolute Gasteiger partial charge is 0.339 e. The van der Waals surface area contributed by atoms with Crippen molar-refractivity contribution in [3.8, 4) is 11.5 Å². The molecule has 3 atom stereocenters. The summed E-state index contributed by atoms with van der Waals surface area (Å²) in [6.45, 7) is 0.249. The number of phenolic OH excluding ortho intramolecular Hbond substituents is 2. The number of hydrogen-bond acceptors (Lipinski definition) is 8. The number of halogens is 1. The maximum Gasteiger partial charge on any atom is 0.339 e. The second-order valence-electron chi connectivity index (χ2n) is 6.43. The summed E-state index contributed by atoms with van der Waals surface area (Å²) in [7, 11) is -4.13. The molecule has 2 saturated heterocycles. The standard InChI is InChI=1S/C15H14ClNO9S/c1-15(5-26-14(23)6-2-3-7(18)11(20)10(6)16)12(13(21)22)17-8(19)4-9(17)27(15,24)25/h2-3,9,12,18,20H,4-5H2,1H3,(H,21,22)/t9-,12+,15+/m1/s1. The van der Waals surface area contributed by atoms with Gasteiger partial charge in [0.1, 0.15) is 21.8 Å². The Hall–Kier alpha value is -2.53. The first-order valence-corrected chi connectivity index (χ1v) is 9.51. The average Bonchev–Trinajstić information content (AvgIpc) is 2.72. The quantitative estimate of drug-likeness (QED) is 0.349. The number of carbonyl (C=O) groups is 3. The van der Waals surface area contributed by atoms with Crippen LogP contribution in [0.4, 0.5) is 0 Å². The number of carbonyl (C=O) groups excluding carboxylic acids is 2. The van der Waals surface area contributed by atoms with Crippen LogP contribution in [-0.4, -0.2) is 69.3 Å². The number of carboxylic acid groups (broad SMARTS) is 1. The van der Waals surface area contributed by atoms with Gasteiger partial charge in [-0.25, -0.2) is 18.0 Å². The number of amides is 1. The number of carboxylic acids is 1. The Morgan fingerprint density at radius 3 is 2.56 bits per heavy atom. The van der Waals surface area contributed by atoms with Crippen molar-refractivity contribution in [2.24, 2.45) is 0 Å². The molecule has 1 aromatic carbocycles. The van der Waals surface area contributed by atoms with Gasteiger partial charge in [0.25, 0.3) is 0 Å². The molecule has 27 heavy (non-hydrogen) atoms. The van der Waals surface area contributed by atoms with Crippen LogP contribution in [0, 0.1) is 0 Å². The molecule has 0 radical (unpaired) electrons. The van der Waals surface area contributed by atoms with E-state index in [1.807, 2.05) is 0 Å². The van der Waals surface area contributed by atoms with Gasteiger partial charge in [-0.05, 0) is 19.1 Å². The minimum atomic E-state index is -4.13. The minimum absolute atomic E-state index is 0.326. The lowest BCUT2D eigenvalue weighted by Crippen LogP contribution is -2.58. The van der Waals surface area contributed by atoms with Gasteiger partial charge in [-0.1, -0.05) is 11.6 Å². The number of β-lactam (4-membered cyclic amide) rings is 1. The molecule has 0 saturated carbocycles. The van der Waals surface area contributed by atoms with Crippen molar-refractivity contribution < 1.29 is 42.9 Å². The van der Waals surface area contributed by atoms with E-state index in [-0.39, 0.29) is 12.0 Å². The van der Waals surface area contributed by atoms with Crippen molar-refractivity contribution in [2.45, 2.75) is 29.5 Å². The average molecular weight is 420 g/mol. The van der Waals surface area contributed by atoms with Crippen molar-refractivity contribution in [2.75, 3.05) is 6.61 Å². The van der Waals surface area contributed by atoms with Crippen LogP contribution in [0.3, 0.4) is 0 Å². The molecule has 1 aromatic rings. The number of nitrogens with zero attached hydrogens (tertiary/aromatic N) is 1. The molecule has 0 spiro atoms. The SMILES string of the molecule is C[C@]1(COC(=O)c2ccc(O)c(O)c2Cl)[C@H](C(=O)O)N2C(=O)C[C@H]2S1(=O)=O. The van der Waals surface area contributed by atoms with Gasteiger partial charge in [0.05, 0.1) is 12.0 Å². The third-order valence-corrected chi connectivity index (χ3v) is 7.98. The number of ether oxygens (including phenoxy) is 1. The number of esters is 1. The highest BCUT2D eigenvalue weighted by Gasteiger charge is 2.70. The van der Waals surface area contributed by atoms with E-state index >= 15 is 0 Å². The van der Waals surface area contributed by atoms with E-state index in [0.717, 1.165) is 24.0 Å². The molecular weight excluding hydrogens is 406 g/mol. The summed E-state index contributed by atoms with van der Waals surface area (Å²) in [4.78, 5) is 36.3. The lowest BCUT2D eigenvalue weighted by atomic mass is 9.97. The van der Waals surface area contributed by atoms with E-state index in [0.29, 0.717) is 0 Å². The molecular formula is C15H14ClNO9S. The summed E-state index contributed by atoms with van der Waals surface area (Å²) in [5, 5.41) is 26.6. The van der Waals surface area contributed by atoms with Gasteiger partial charge in [-0.3, -0.25) is 4.79 Å². The lowest BCUT2D eigenvalue weighted by molar-refractivity contribution is -0.158. The van der Waals surface area contributed by atoms with Crippen molar-refractivity contribution >= 4 is 39.3 Å². The molecule has 2 heterocycles. The summed E-state index contributed by atoms with van der Waals surface area (Å²) in [5.41, 5.74) is -0.350. The molecule has 146 valence electrons. The molecule has 2 fully saturated rings. The van der Waals surface area contributed by atoms with Crippen LogP contribution in [-0.2, 0) is 24.2 Å². The summed E-state index contributed by atoms with van der Waals surface area (Å²) in [5.74, 6) is -4.61. The van der Waals surface area contributed by atoms with Crippen LogP contribution in [0.2, 0.25) is 5.02 Å². The predicted octanol–water partition coefficient (Wildman–Crippen LogP) is 0.107. The van der Waals surface area contributed by atoms with Crippen molar-refractivity contribution in [3.63, 3.8) is 0 Å². The second-order valence-corrected chi connectivity index (χ2v) is 9.37. The van der Waals surface area contributed by atoms with Crippen LogP contribution >= 0.6 is 11.6 Å². The third-order valence-electron chi connectivity index (χ3n) is 4.85. The molecule has 0 bridgehead atoms. The predicted molar refractivity (Wildman–Crippen MR) is 89.1 cm³/mol. The first kappa shape index (κ1) is 19.2. The summed E-state index contributed by atoms with van der Waals surface area (Å²) in [6.07, 6.45) is -0.326. The molecule has 10 nitrogen and oxygen atoms in total. The van der Waals surface area contributed by atoms with E-state index < -0.39 is 67.0 Å². The maximum absolute atomic E-state index is 12.7. The highest BCUT2D eigenvalue weighted by Crippen LogP contribution is 2.46. The van der Waals surface area contributed by atoms with Crippen LogP contribution < -0.4 is 0 Å². The highest BCUT2D eigenvalue weighted by molar-refractivity contribution is 7.94. The van der Waals surface area contributed by atoms with E-state index in [1.165, 1.54) is 0 Å². The molecule has 2 aliphatic rings. The van der Waals surface area contributed by atoms with Gasteiger partial charge in [0.15, 0.2) is 27.4 Å². The zero-order valence-corrected chi connectivity index (χ0v) is 15.3. The Labute approximate surface area is 157 Å². The second kappa shape index (κ2) is 5.99. The molecule has 12 heteroatoms. The van der Waals surface area contributed by atoms with E-state index in [2.05, 4.69) is 0 Å². The highest BCUT2D eigenvalue weighted by atomic mass is 35.5. The van der Waals surface area contributed by atoms with Crippen LogP contribution in [0.1, 0.15) is 23.7 Å². The number of fused-ring (bicyclic) bond motifs is 1. The Kier molecular flexibility index (Phi) is 4.27. The normalized spacial score (nSPS) is 28.4. The van der Waals surface area contributed by atoms with E-state index in [9.17, 15) is 38.1 Å². The van der Waals surface area contributed by atoms with Gasteiger partial charge in [0.2, 0.25) is 5.91 Å². The Morgan fingerprint density at radius 1 is 1.37 bits per heavy atom.